The summed E-state index contributed by atoms with van der Waals surface area (Å²) in [5.41, 5.74) is 1.41. The molecule has 0 radical (unpaired) electrons. The Labute approximate surface area is 100 Å². The fourth-order valence-electron chi connectivity index (χ4n) is 2.00. The van der Waals surface area contributed by atoms with E-state index in [0.29, 0.717) is 10.9 Å². The Hall–Kier alpha value is -2.63. The number of benzene rings is 1. The van der Waals surface area contributed by atoms with Crippen LogP contribution in [0.3, 0.4) is 0 Å². The fraction of sp³-hybridized carbons (Fsp3) is 0.0833. The highest BCUT2D eigenvalue weighted by Crippen LogP contribution is 2.15. The molecule has 0 unspecified atom stereocenters. The molecule has 90 valence electrons. The Bertz CT molecular complexity index is 845. The van der Waals surface area contributed by atoms with Gasteiger partial charge < -0.3 is 10.1 Å². The minimum atomic E-state index is -1.12. The molecule has 18 heavy (non-hydrogen) atoms. The van der Waals surface area contributed by atoms with Crippen molar-refractivity contribution in [3.63, 3.8) is 0 Å². The van der Waals surface area contributed by atoms with Gasteiger partial charge in [-0.1, -0.05) is 11.6 Å². The number of hydrogen-bond donors (Lipinski definition) is 2. The third kappa shape index (κ3) is 1.32. The van der Waals surface area contributed by atoms with Crippen LogP contribution in [0.5, 0.6) is 0 Å². The van der Waals surface area contributed by atoms with E-state index >= 15 is 0 Å². The largest absolute Gasteiger partial charge is 0.477 e. The molecule has 0 amide bonds. The van der Waals surface area contributed by atoms with E-state index in [1.54, 1.807) is 12.1 Å². The van der Waals surface area contributed by atoms with Gasteiger partial charge in [0.25, 0.3) is 5.56 Å². The molecule has 0 aliphatic carbocycles. The highest BCUT2D eigenvalue weighted by atomic mass is 16.4. The molecular formula is C12H9N3O3. The van der Waals surface area contributed by atoms with E-state index in [-0.39, 0.29) is 16.8 Å². The van der Waals surface area contributed by atoms with Gasteiger partial charge in [-0.25, -0.2) is 9.31 Å². The summed E-state index contributed by atoms with van der Waals surface area (Å²) in [5.74, 6) is -1.12. The number of carboxylic acid groups (broad SMARTS) is 1. The summed E-state index contributed by atoms with van der Waals surface area (Å²) in [5, 5.41) is 13.5. The van der Waals surface area contributed by atoms with Crippen LogP contribution in [-0.2, 0) is 0 Å². The van der Waals surface area contributed by atoms with E-state index < -0.39 is 5.97 Å². The quantitative estimate of drug-likeness (QED) is 0.671. The maximum atomic E-state index is 11.9. The maximum Gasteiger partial charge on any atom is 0.341 e. The Kier molecular flexibility index (Phi) is 2.00. The standard InChI is InChI=1S/C12H9N3O3/c1-6-2-3-9-7(4-6)11(16)14-10-8(12(17)18)5-13-15(9)10/h2-5H,1H3,(H,14,16)(H,17,18). The smallest absolute Gasteiger partial charge is 0.341 e. The van der Waals surface area contributed by atoms with E-state index in [4.69, 9.17) is 5.11 Å². The number of carboxylic acids is 1. The molecule has 6 heteroatoms. The first kappa shape index (κ1) is 10.5. The molecule has 2 heterocycles. The second-order valence-corrected chi connectivity index (χ2v) is 4.10. The number of nitrogens with zero attached hydrogens (tertiary/aromatic N) is 2. The lowest BCUT2D eigenvalue weighted by Crippen LogP contribution is -2.11. The highest BCUT2D eigenvalue weighted by Gasteiger charge is 2.14. The monoisotopic (exact) mass is 243 g/mol. The minimum Gasteiger partial charge on any atom is -0.477 e. The average Bonchev–Trinajstić information content (AvgIpc) is 2.73. The summed E-state index contributed by atoms with van der Waals surface area (Å²) in [6.45, 7) is 1.88. The van der Waals surface area contributed by atoms with E-state index in [9.17, 15) is 9.59 Å². The number of carbonyl (C=O) groups is 1. The Morgan fingerprint density at radius 2 is 2.22 bits per heavy atom. The number of fused-ring (bicyclic) bond motifs is 3. The van der Waals surface area contributed by atoms with Gasteiger partial charge in [0.05, 0.1) is 17.1 Å². The number of H-pyrrole nitrogens is 1. The van der Waals surface area contributed by atoms with Crippen molar-refractivity contribution in [3.05, 3.63) is 45.9 Å². The number of aromatic nitrogens is 3. The highest BCUT2D eigenvalue weighted by molar-refractivity contribution is 5.95. The van der Waals surface area contributed by atoms with Crippen LogP contribution in [0, 0.1) is 6.92 Å². The molecule has 0 bridgehead atoms. The van der Waals surface area contributed by atoms with Crippen LogP contribution in [0.4, 0.5) is 0 Å². The van der Waals surface area contributed by atoms with Crippen LogP contribution in [0.25, 0.3) is 16.6 Å². The Balaban J connectivity index is 2.56. The number of aromatic carboxylic acids is 1. The zero-order valence-corrected chi connectivity index (χ0v) is 9.47. The first-order valence-corrected chi connectivity index (χ1v) is 5.31. The van der Waals surface area contributed by atoms with Gasteiger partial charge >= 0.3 is 5.97 Å². The molecule has 2 N–H and O–H groups in total. The van der Waals surface area contributed by atoms with Crippen LogP contribution in [0.15, 0.2) is 29.2 Å². The van der Waals surface area contributed by atoms with Gasteiger partial charge in [-0.15, -0.1) is 0 Å². The maximum absolute atomic E-state index is 11.9. The Morgan fingerprint density at radius 3 is 2.94 bits per heavy atom. The topological polar surface area (TPSA) is 87.5 Å². The Morgan fingerprint density at radius 1 is 1.44 bits per heavy atom. The van der Waals surface area contributed by atoms with Crippen molar-refractivity contribution in [1.29, 1.82) is 0 Å². The van der Waals surface area contributed by atoms with E-state index in [1.165, 1.54) is 10.7 Å². The number of nitrogens with one attached hydrogen (secondary N) is 1. The molecule has 3 aromatic rings. The molecule has 2 aromatic heterocycles. The molecule has 0 aliphatic heterocycles. The summed E-state index contributed by atoms with van der Waals surface area (Å²) in [6, 6.07) is 5.35. The van der Waals surface area contributed by atoms with Crippen LogP contribution < -0.4 is 5.56 Å². The lowest BCUT2D eigenvalue weighted by atomic mass is 10.2. The molecular weight excluding hydrogens is 234 g/mol. The van der Waals surface area contributed by atoms with E-state index in [2.05, 4.69) is 10.1 Å². The number of aromatic amines is 1. The van der Waals surface area contributed by atoms with Crippen molar-refractivity contribution >= 4 is 22.5 Å². The second kappa shape index (κ2) is 3.43. The molecule has 0 aliphatic rings. The number of hydrogen-bond acceptors (Lipinski definition) is 3. The zero-order chi connectivity index (χ0) is 12.9. The van der Waals surface area contributed by atoms with E-state index in [0.717, 1.165) is 5.56 Å². The van der Waals surface area contributed by atoms with Crippen molar-refractivity contribution < 1.29 is 9.90 Å². The first-order valence-electron chi connectivity index (χ1n) is 5.31. The summed E-state index contributed by atoms with van der Waals surface area (Å²) < 4.78 is 1.43. The molecule has 0 atom stereocenters. The van der Waals surface area contributed by atoms with Gasteiger partial charge in [-0.3, -0.25) is 4.79 Å². The number of rotatable bonds is 1. The summed E-state index contributed by atoms with van der Waals surface area (Å²) in [4.78, 5) is 25.5. The van der Waals surface area contributed by atoms with Crippen LogP contribution in [0.2, 0.25) is 0 Å². The molecule has 0 spiro atoms. The van der Waals surface area contributed by atoms with Gasteiger partial charge in [0, 0.05) is 0 Å². The average molecular weight is 243 g/mol. The van der Waals surface area contributed by atoms with Crippen LogP contribution >= 0.6 is 0 Å². The van der Waals surface area contributed by atoms with Crippen molar-refractivity contribution in [2.45, 2.75) is 6.92 Å². The predicted octanol–water partition coefficient (Wildman–Crippen LogP) is 1.18. The van der Waals surface area contributed by atoms with Gasteiger partial charge in [-0.05, 0) is 19.1 Å². The van der Waals surface area contributed by atoms with Crippen molar-refractivity contribution in [1.82, 2.24) is 14.6 Å². The summed E-state index contributed by atoms with van der Waals surface area (Å²) >= 11 is 0. The normalized spacial score (nSPS) is 11.2. The minimum absolute atomic E-state index is 0.0189. The van der Waals surface area contributed by atoms with Crippen molar-refractivity contribution in [2.75, 3.05) is 0 Å². The third-order valence-corrected chi connectivity index (χ3v) is 2.86. The molecule has 0 saturated carbocycles. The van der Waals surface area contributed by atoms with Crippen molar-refractivity contribution in [2.24, 2.45) is 0 Å². The SMILES string of the molecule is Cc1ccc2c(c1)c(=O)[nH]c1c(C(=O)O)cnn12. The summed E-state index contributed by atoms with van der Waals surface area (Å²) in [7, 11) is 0. The van der Waals surface area contributed by atoms with Gasteiger partial charge in [0.15, 0.2) is 5.65 Å². The molecule has 6 nitrogen and oxygen atoms in total. The van der Waals surface area contributed by atoms with Gasteiger partial charge in [-0.2, -0.15) is 5.10 Å². The predicted molar refractivity (Wildman–Crippen MR) is 65.0 cm³/mol. The zero-order valence-electron chi connectivity index (χ0n) is 9.47. The lowest BCUT2D eigenvalue weighted by molar-refractivity contribution is 0.0699. The first-order chi connectivity index (χ1) is 8.58. The fourth-order valence-corrected chi connectivity index (χ4v) is 2.00. The molecule has 0 saturated heterocycles. The van der Waals surface area contributed by atoms with E-state index in [1.807, 2.05) is 13.0 Å². The molecule has 0 fully saturated rings. The molecule has 3 rings (SSSR count). The van der Waals surface area contributed by atoms with Gasteiger partial charge in [0.1, 0.15) is 5.56 Å². The van der Waals surface area contributed by atoms with Crippen LogP contribution in [-0.4, -0.2) is 25.7 Å². The summed E-state index contributed by atoms with van der Waals surface area (Å²) in [6.07, 6.45) is 1.23. The third-order valence-electron chi connectivity index (χ3n) is 2.86. The number of aryl methyl sites for hydroxylation is 1. The molecule has 1 aromatic carbocycles. The van der Waals surface area contributed by atoms with Crippen molar-refractivity contribution in [3.8, 4) is 0 Å². The second-order valence-electron chi connectivity index (χ2n) is 4.10. The van der Waals surface area contributed by atoms with Crippen LogP contribution in [0.1, 0.15) is 15.9 Å². The van der Waals surface area contributed by atoms with Gasteiger partial charge in [0.2, 0.25) is 0 Å². The lowest BCUT2D eigenvalue weighted by Gasteiger charge is -2.02.